The summed E-state index contributed by atoms with van der Waals surface area (Å²) in [6.45, 7) is 1.86. The van der Waals surface area contributed by atoms with Gasteiger partial charge in [-0.05, 0) is 24.1 Å². The summed E-state index contributed by atoms with van der Waals surface area (Å²) in [4.78, 5) is 4.05. The van der Waals surface area contributed by atoms with Crippen LogP contribution in [0.15, 0.2) is 35.6 Å². The minimum absolute atomic E-state index is 0.358. The molecule has 2 rings (SSSR count). The molecule has 5 heteroatoms. The fraction of sp³-hybridized carbons (Fsp3) is 0.154. The third-order valence-electron chi connectivity index (χ3n) is 2.40. The van der Waals surface area contributed by atoms with Crippen molar-refractivity contribution in [2.24, 2.45) is 5.10 Å². The molecule has 0 atom stereocenters. The lowest BCUT2D eigenvalue weighted by Gasteiger charge is -1.98. The molecule has 0 aliphatic heterocycles. The smallest absolute Gasteiger partial charge is 0.221 e. The molecule has 2 aromatic rings. The van der Waals surface area contributed by atoms with Gasteiger partial charge in [-0.15, -0.1) is 0 Å². The Labute approximate surface area is 105 Å². The second-order valence-corrected chi connectivity index (χ2v) is 3.91. The quantitative estimate of drug-likeness (QED) is 0.828. The van der Waals surface area contributed by atoms with Crippen molar-refractivity contribution >= 4 is 12.2 Å². The number of rotatable bonds is 3. The van der Waals surface area contributed by atoms with Crippen LogP contribution in [0.5, 0.6) is 0 Å². The van der Waals surface area contributed by atoms with E-state index < -0.39 is 0 Å². The topological polar surface area (TPSA) is 80.0 Å². The predicted octanol–water partition coefficient (Wildman–Crippen LogP) is 1.72. The molecule has 1 aromatic heterocycles. The first kappa shape index (κ1) is 11.9. The van der Waals surface area contributed by atoms with E-state index in [-0.39, 0.29) is 0 Å². The number of aromatic nitrogens is 2. The van der Waals surface area contributed by atoms with Crippen LogP contribution in [0.4, 0.5) is 5.95 Å². The van der Waals surface area contributed by atoms with Crippen LogP contribution in [0.25, 0.3) is 0 Å². The molecular weight excluding hydrogens is 226 g/mol. The maximum absolute atomic E-state index is 8.65. The van der Waals surface area contributed by atoms with Gasteiger partial charge in [0.2, 0.25) is 5.95 Å². The van der Waals surface area contributed by atoms with Crippen LogP contribution in [0.2, 0.25) is 0 Å². The second-order valence-electron chi connectivity index (χ2n) is 3.91. The fourth-order valence-electron chi connectivity index (χ4n) is 1.60. The van der Waals surface area contributed by atoms with Crippen LogP contribution < -0.4 is 5.73 Å². The third kappa shape index (κ3) is 2.74. The lowest BCUT2D eigenvalue weighted by Crippen LogP contribution is -1.97. The Balaban J connectivity index is 2.21. The van der Waals surface area contributed by atoms with Crippen LogP contribution in [0.1, 0.15) is 16.8 Å². The molecule has 0 spiro atoms. The van der Waals surface area contributed by atoms with Gasteiger partial charge in [-0.1, -0.05) is 18.2 Å². The van der Waals surface area contributed by atoms with Gasteiger partial charge in [-0.3, -0.25) is 0 Å². The fourth-order valence-corrected chi connectivity index (χ4v) is 1.60. The number of anilines is 1. The normalized spacial score (nSPS) is 10.7. The average Bonchev–Trinajstić information content (AvgIpc) is 2.66. The molecule has 0 saturated carbocycles. The molecule has 0 fully saturated rings. The third-order valence-corrected chi connectivity index (χ3v) is 2.40. The van der Waals surface area contributed by atoms with E-state index in [2.05, 4.69) is 16.2 Å². The summed E-state index contributed by atoms with van der Waals surface area (Å²) >= 11 is 0. The maximum Gasteiger partial charge on any atom is 0.221 e. The van der Waals surface area contributed by atoms with Gasteiger partial charge in [0.15, 0.2) is 0 Å². The zero-order chi connectivity index (χ0) is 13.0. The van der Waals surface area contributed by atoms with Crippen molar-refractivity contribution in [3.8, 4) is 6.07 Å². The van der Waals surface area contributed by atoms with Gasteiger partial charge in [-0.2, -0.15) is 10.4 Å². The number of imidazole rings is 1. The zero-order valence-electron chi connectivity index (χ0n) is 10.0. The van der Waals surface area contributed by atoms with E-state index in [4.69, 9.17) is 11.0 Å². The summed E-state index contributed by atoms with van der Waals surface area (Å²) in [7, 11) is 0. The lowest BCUT2D eigenvalue weighted by atomic mass is 10.1. The Bertz CT molecular complexity index is 619. The highest BCUT2D eigenvalue weighted by Crippen LogP contribution is 2.06. The molecule has 0 bridgehead atoms. The van der Waals surface area contributed by atoms with E-state index in [1.807, 2.05) is 31.2 Å². The lowest BCUT2D eigenvalue weighted by molar-refractivity contribution is 0.897. The summed E-state index contributed by atoms with van der Waals surface area (Å²) in [5, 5.41) is 12.9. The Hall–Kier alpha value is -2.61. The maximum atomic E-state index is 8.65. The number of nitriles is 1. The molecule has 2 N–H and O–H groups in total. The molecule has 1 aromatic carbocycles. The van der Waals surface area contributed by atoms with E-state index in [0.717, 1.165) is 16.8 Å². The number of nitrogens with two attached hydrogens (primary N) is 1. The summed E-state index contributed by atoms with van der Waals surface area (Å²) in [6.07, 6.45) is 3.84. The van der Waals surface area contributed by atoms with Gasteiger partial charge in [0.05, 0.1) is 30.6 Å². The molecule has 18 heavy (non-hydrogen) atoms. The molecule has 0 aliphatic carbocycles. The first-order chi connectivity index (χ1) is 8.69. The van der Waals surface area contributed by atoms with E-state index >= 15 is 0 Å². The largest absolute Gasteiger partial charge is 0.368 e. The summed E-state index contributed by atoms with van der Waals surface area (Å²) in [5.41, 5.74) is 8.39. The van der Waals surface area contributed by atoms with Crippen LogP contribution in [-0.2, 0) is 6.42 Å². The van der Waals surface area contributed by atoms with Crippen molar-refractivity contribution in [2.45, 2.75) is 13.3 Å². The Morgan fingerprint density at radius 1 is 1.56 bits per heavy atom. The van der Waals surface area contributed by atoms with Crippen molar-refractivity contribution in [1.82, 2.24) is 9.66 Å². The summed E-state index contributed by atoms with van der Waals surface area (Å²) in [5.74, 6) is 0.358. The Morgan fingerprint density at radius 3 is 3.06 bits per heavy atom. The minimum Gasteiger partial charge on any atom is -0.368 e. The van der Waals surface area contributed by atoms with Crippen molar-refractivity contribution in [3.05, 3.63) is 47.3 Å². The van der Waals surface area contributed by atoms with Gasteiger partial charge in [0.1, 0.15) is 0 Å². The van der Waals surface area contributed by atoms with Crippen LogP contribution in [-0.4, -0.2) is 15.9 Å². The molecule has 0 radical (unpaired) electrons. The Morgan fingerprint density at radius 2 is 2.39 bits per heavy atom. The number of nitrogens with zero attached hydrogens (tertiary/aromatic N) is 4. The number of aryl methyl sites for hydroxylation is 1. The molecule has 0 unspecified atom stereocenters. The zero-order valence-corrected chi connectivity index (χ0v) is 10.0. The molecule has 0 amide bonds. The summed E-state index contributed by atoms with van der Waals surface area (Å²) < 4.78 is 1.52. The van der Waals surface area contributed by atoms with E-state index in [1.54, 1.807) is 12.4 Å². The van der Waals surface area contributed by atoms with E-state index in [1.165, 1.54) is 4.68 Å². The SMILES string of the molecule is Cc1cn(N=Cc2cccc(CC#N)c2)c(N)n1. The van der Waals surface area contributed by atoms with Crippen LogP contribution in [0, 0.1) is 18.3 Å². The number of benzene rings is 1. The highest BCUT2D eigenvalue weighted by Gasteiger charge is 1.98. The summed E-state index contributed by atoms with van der Waals surface area (Å²) in [6, 6.07) is 9.77. The Kier molecular flexibility index (Phi) is 3.39. The standard InChI is InChI=1S/C13H13N5/c1-10-9-18(13(15)17-10)16-8-12-4-2-3-11(7-12)5-6-14/h2-4,7-9H,5H2,1H3,(H2,15,17). The van der Waals surface area contributed by atoms with Crippen molar-refractivity contribution < 1.29 is 0 Å². The van der Waals surface area contributed by atoms with E-state index in [9.17, 15) is 0 Å². The second kappa shape index (κ2) is 5.15. The van der Waals surface area contributed by atoms with Gasteiger partial charge in [0.25, 0.3) is 0 Å². The highest BCUT2D eigenvalue weighted by molar-refractivity contribution is 5.79. The minimum atomic E-state index is 0.358. The molecule has 90 valence electrons. The number of hydrogen-bond acceptors (Lipinski definition) is 4. The molecule has 5 nitrogen and oxygen atoms in total. The monoisotopic (exact) mass is 239 g/mol. The number of nitrogen functional groups attached to an aromatic ring is 1. The molecular formula is C13H13N5. The van der Waals surface area contributed by atoms with Gasteiger partial charge in [-0.25, -0.2) is 9.66 Å². The predicted molar refractivity (Wildman–Crippen MR) is 70.1 cm³/mol. The number of hydrogen-bond donors (Lipinski definition) is 1. The molecule has 1 heterocycles. The van der Waals surface area contributed by atoms with Crippen molar-refractivity contribution in [2.75, 3.05) is 5.73 Å². The van der Waals surface area contributed by atoms with Crippen LogP contribution in [0.3, 0.4) is 0 Å². The van der Waals surface area contributed by atoms with Gasteiger partial charge >= 0.3 is 0 Å². The van der Waals surface area contributed by atoms with Gasteiger partial charge in [0, 0.05) is 0 Å². The van der Waals surface area contributed by atoms with E-state index in [0.29, 0.717) is 12.4 Å². The van der Waals surface area contributed by atoms with Crippen LogP contribution >= 0.6 is 0 Å². The van der Waals surface area contributed by atoms with Crippen molar-refractivity contribution in [1.29, 1.82) is 5.26 Å². The highest BCUT2D eigenvalue weighted by atomic mass is 15.4. The van der Waals surface area contributed by atoms with Gasteiger partial charge < -0.3 is 5.73 Å². The molecule has 0 aliphatic rings. The van der Waals surface area contributed by atoms with Crippen molar-refractivity contribution in [3.63, 3.8) is 0 Å². The first-order valence-electron chi connectivity index (χ1n) is 5.51. The first-order valence-corrected chi connectivity index (χ1v) is 5.51. The molecule has 0 saturated heterocycles. The average molecular weight is 239 g/mol.